The Hall–Kier alpha value is -6.26. The lowest BCUT2D eigenvalue weighted by Gasteiger charge is -2.33. The van der Waals surface area contributed by atoms with Gasteiger partial charge < -0.3 is 9.80 Å². The van der Waals surface area contributed by atoms with Crippen LogP contribution in [-0.4, -0.2) is 16.0 Å². The highest BCUT2D eigenvalue weighted by Crippen LogP contribution is 2.61. The summed E-state index contributed by atoms with van der Waals surface area (Å²) in [4.78, 5) is 15.6. The summed E-state index contributed by atoms with van der Waals surface area (Å²) in [7, 11) is 0. The molecule has 266 valence electrons. The normalized spacial score (nSPS) is 23.1. The average molecular weight is 711 g/mol. The van der Waals surface area contributed by atoms with E-state index >= 15 is 0 Å². The third-order valence-corrected chi connectivity index (χ3v) is 12.5. The Morgan fingerprint density at radius 2 is 1.42 bits per heavy atom. The van der Waals surface area contributed by atoms with Gasteiger partial charge in [-0.05, 0) is 103 Å². The molecule has 55 heavy (non-hydrogen) atoms. The zero-order chi connectivity index (χ0) is 36.6. The summed E-state index contributed by atoms with van der Waals surface area (Å²) in [5.41, 5.74) is 13.1. The third-order valence-electron chi connectivity index (χ3n) is 12.5. The van der Waals surface area contributed by atoms with Crippen molar-refractivity contribution >= 4 is 44.6 Å². The van der Waals surface area contributed by atoms with E-state index in [2.05, 4.69) is 156 Å². The SMILES string of the molecule is C=C(C1CC1/C=C\C)N1c2ccc(N(c3ccccc3)c3ccc(-c4nc5ccccc5nc4-c4ccccc4)c4ccccc34)cc2C2C=CC3CC3C21. The Labute approximate surface area is 322 Å². The van der Waals surface area contributed by atoms with E-state index in [1.807, 2.05) is 24.3 Å². The lowest BCUT2D eigenvalue weighted by molar-refractivity contribution is 0.509. The Kier molecular flexibility index (Phi) is 7.41. The second kappa shape index (κ2) is 12.7. The summed E-state index contributed by atoms with van der Waals surface area (Å²) >= 11 is 0. The van der Waals surface area contributed by atoms with Crippen LogP contribution >= 0.6 is 0 Å². The minimum absolute atomic E-state index is 0.356. The van der Waals surface area contributed by atoms with Gasteiger partial charge in [0.15, 0.2) is 0 Å². The Balaban J connectivity index is 1.07. The Morgan fingerprint density at radius 3 is 2.20 bits per heavy atom. The zero-order valence-electron chi connectivity index (χ0n) is 31.0. The molecule has 0 spiro atoms. The first-order valence-corrected chi connectivity index (χ1v) is 19.8. The number of benzene rings is 6. The number of hydrogen-bond acceptors (Lipinski definition) is 4. The van der Waals surface area contributed by atoms with Crippen molar-refractivity contribution in [2.24, 2.45) is 23.7 Å². The number of para-hydroxylation sites is 3. The second-order valence-corrected chi connectivity index (χ2v) is 15.7. The minimum atomic E-state index is 0.356. The van der Waals surface area contributed by atoms with E-state index in [4.69, 9.17) is 16.5 Å². The van der Waals surface area contributed by atoms with Gasteiger partial charge in [-0.3, -0.25) is 0 Å². The first-order valence-electron chi connectivity index (χ1n) is 19.8. The van der Waals surface area contributed by atoms with E-state index in [0.717, 1.165) is 61.4 Å². The molecule has 0 bridgehead atoms. The van der Waals surface area contributed by atoms with E-state index in [1.165, 1.54) is 29.8 Å². The van der Waals surface area contributed by atoms with Crippen molar-refractivity contribution in [2.75, 3.05) is 9.80 Å². The summed E-state index contributed by atoms with van der Waals surface area (Å²) in [6.07, 6.45) is 12.1. The van der Waals surface area contributed by atoms with Gasteiger partial charge in [0.25, 0.3) is 0 Å². The van der Waals surface area contributed by atoms with Crippen molar-refractivity contribution in [3.05, 3.63) is 182 Å². The van der Waals surface area contributed by atoms with Gasteiger partial charge in [0.05, 0.1) is 28.1 Å². The molecule has 11 rings (SSSR count). The molecular formula is C51H42N4. The summed E-state index contributed by atoms with van der Waals surface area (Å²) in [6.45, 7) is 6.92. The topological polar surface area (TPSA) is 32.3 Å². The van der Waals surface area contributed by atoms with E-state index in [1.54, 1.807) is 0 Å². The maximum atomic E-state index is 5.30. The lowest BCUT2D eigenvalue weighted by Crippen LogP contribution is -2.37. The minimum Gasteiger partial charge on any atom is -0.341 e. The monoisotopic (exact) mass is 710 g/mol. The molecule has 2 heterocycles. The molecule has 0 saturated heterocycles. The molecule has 1 aliphatic heterocycles. The molecule has 6 unspecified atom stereocenters. The molecule has 0 radical (unpaired) electrons. The van der Waals surface area contributed by atoms with Crippen molar-refractivity contribution in [2.45, 2.75) is 31.7 Å². The van der Waals surface area contributed by atoms with Gasteiger partial charge in [0.1, 0.15) is 0 Å². The number of hydrogen-bond donors (Lipinski definition) is 0. The largest absolute Gasteiger partial charge is 0.341 e. The van der Waals surface area contributed by atoms with Crippen LogP contribution < -0.4 is 9.80 Å². The van der Waals surface area contributed by atoms with Crippen LogP contribution in [-0.2, 0) is 0 Å². The molecule has 4 heteroatoms. The van der Waals surface area contributed by atoms with E-state index < -0.39 is 0 Å². The van der Waals surface area contributed by atoms with Crippen molar-refractivity contribution in [1.29, 1.82) is 0 Å². The number of rotatable bonds is 8. The van der Waals surface area contributed by atoms with Crippen LogP contribution in [0.1, 0.15) is 31.2 Å². The zero-order valence-corrected chi connectivity index (χ0v) is 31.0. The van der Waals surface area contributed by atoms with Crippen molar-refractivity contribution in [1.82, 2.24) is 9.97 Å². The summed E-state index contributed by atoms with van der Waals surface area (Å²) in [5.74, 6) is 2.90. The molecule has 6 aromatic carbocycles. The maximum absolute atomic E-state index is 5.30. The summed E-state index contributed by atoms with van der Waals surface area (Å²) < 4.78 is 0. The quantitative estimate of drug-likeness (QED) is 0.147. The molecule has 2 fully saturated rings. The van der Waals surface area contributed by atoms with E-state index in [-0.39, 0.29) is 0 Å². The maximum Gasteiger partial charge on any atom is 0.0979 e. The molecular weight excluding hydrogens is 669 g/mol. The number of aromatic nitrogens is 2. The van der Waals surface area contributed by atoms with Crippen LogP contribution in [0.25, 0.3) is 44.3 Å². The highest BCUT2D eigenvalue weighted by Gasteiger charge is 2.55. The van der Waals surface area contributed by atoms with E-state index in [9.17, 15) is 0 Å². The number of nitrogens with zero attached hydrogens (tertiary/aromatic N) is 4. The number of fused-ring (bicyclic) bond motifs is 7. The van der Waals surface area contributed by atoms with Crippen LogP contribution in [0.4, 0.5) is 22.7 Å². The molecule has 7 aromatic rings. The predicted molar refractivity (Wildman–Crippen MR) is 228 cm³/mol. The standard InChI is InChI=1S/C51H42N4/c1-3-14-34-29-42(34)32(2)54-48-27-24-37(31-44(48)41-25-23-35-30-43(35)51(41)54)55(36-17-8-5-9-18-36)47-28-26-40(38-19-10-11-20-39(38)47)50-49(33-15-6-4-7-16-33)52-45-21-12-13-22-46(45)53-50/h3-28,31,34-35,41-43,51H,2,29-30H2,1H3/b14-3-. The Morgan fingerprint density at radius 1 is 0.709 bits per heavy atom. The first-order chi connectivity index (χ1) is 27.2. The van der Waals surface area contributed by atoms with Crippen LogP contribution in [0.5, 0.6) is 0 Å². The Bertz CT molecular complexity index is 2700. The van der Waals surface area contributed by atoms with Gasteiger partial charge in [-0.25, -0.2) is 9.97 Å². The first kappa shape index (κ1) is 32.2. The molecule has 0 N–H and O–H groups in total. The fraction of sp³-hybridized carbons (Fsp3) is 0.176. The predicted octanol–water partition coefficient (Wildman–Crippen LogP) is 12.8. The average Bonchev–Trinajstić information content (AvgIpc) is 4.17. The van der Waals surface area contributed by atoms with Gasteiger partial charge in [0.2, 0.25) is 0 Å². The van der Waals surface area contributed by atoms with Crippen molar-refractivity contribution in [3.8, 4) is 22.5 Å². The molecule has 2 saturated carbocycles. The van der Waals surface area contributed by atoms with Crippen LogP contribution in [0.15, 0.2) is 176 Å². The molecule has 1 aromatic heterocycles. The number of allylic oxidation sites excluding steroid dienone is 4. The highest BCUT2D eigenvalue weighted by molar-refractivity contribution is 6.07. The third kappa shape index (κ3) is 5.26. The highest BCUT2D eigenvalue weighted by atomic mass is 15.2. The van der Waals surface area contributed by atoms with Crippen LogP contribution in [0.3, 0.4) is 0 Å². The molecule has 6 atom stereocenters. The number of anilines is 4. The smallest absolute Gasteiger partial charge is 0.0979 e. The molecule has 0 amide bonds. The fourth-order valence-corrected chi connectivity index (χ4v) is 9.72. The summed E-state index contributed by atoms with van der Waals surface area (Å²) in [5, 5.41) is 2.30. The van der Waals surface area contributed by atoms with Crippen molar-refractivity contribution in [3.63, 3.8) is 0 Å². The van der Waals surface area contributed by atoms with Crippen LogP contribution in [0.2, 0.25) is 0 Å². The molecule has 4 nitrogen and oxygen atoms in total. The lowest BCUT2D eigenvalue weighted by atomic mass is 9.87. The molecule has 4 aliphatic rings. The second-order valence-electron chi connectivity index (χ2n) is 15.7. The van der Waals surface area contributed by atoms with Gasteiger partial charge in [-0.15, -0.1) is 0 Å². The van der Waals surface area contributed by atoms with Gasteiger partial charge in [-0.1, -0.05) is 116 Å². The van der Waals surface area contributed by atoms with Gasteiger partial charge in [0, 0.05) is 57.1 Å². The van der Waals surface area contributed by atoms with Gasteiger partial charge >= 0.3 is 0 Å². The van der Waals surface area contributed by atoms with Gasteiger partial charge in [-0.2, -0.15) is 0 Å². The van der Waals surface area contributed by atoms with Crippen LogP contribution in [0, 0.1) is 23.7 Å². The van der Waals surface area contributed by atoms with Crippen molar-refractivity contribution < 1.29 is 0 Å². The fourth-order valence-electron chi connectivity index (χ4n) is 9.72. The summed E-state index contributed by atoms with van der Waals surface area (Å²) in [6, 6.07) is 50.4. The van der Waals surface area contributed by atoms with E-state index in [0.29, 0.717) is 35.6 Å². The molecule has 3 aliphatic carbocycles.